The van der Waals surface area contributed by atoms with Crippen LogP contribution in [0, 0.1) is 16.0 Å². The molecule has 140 valence electrons. The largest absolute Gasteiger partial charge is 0.378 e. The normalized spacial score (nSPS) is 24.3. The fourth-order valence-electron chi connectivity index (χ4n) is 3.66. The molecule has 1 saturated carbocycles. The Morgan fingerprint density at radius 3 is 2.60 bits per heavy atom. The third kappa shape index (κ3) is 4.49. The second-order valence-electron chi connectivity index (χ2n) is 7.38. The Kier molecular flexibility index (Phi) is 5.73. The van der Waals surface area contributed by atoms with Crippen LogP contribution in [0.4, 0.5) is 11.4 Å². The van der Waals surface area contributed by atoms with Gasteiger partial charge in [0.15, 0.2) is 9.84 Å². The molecule has 25 heavy (non-hydrogen) atoms. The van der Waals surface area contributed by atoms with Crippen LogP contribution in [0.25, 0.3) is 0 Å². The summed E-state index contributed by atoms with van der Waals surface area (Å²) in [6.45, 7) is 2.82. The van der Waals surface area contributed by atoms with Gasteiger partial charge in [0.1, 0.15) is 5.69 Å². The van der Waals surface area contributed by atoms with Crippen molar-refractivity contribution < 1.29 is 13.3 Å². The molecule has 1 aliphatic rings. The topological polar surface area (TPSA) is 92.5 Å². The molecule has 0 saturated heterocycles. The van der Waals surface area contributed by atoms with Crippen molar-refractivity contribution >= 4 is 21.2 Å². The summed E-state index contributed by atoms with van der Waals surface area (Å²) in [6, 6.07) is 4.03. The maximum Gasteiger partial charge on any atom is 0.293 e. The number of anilines is 1. The number of sulfone groups is 1. The van der Waals surface area contributed by atoms with Gasteiger partial charge >= 0.3 is 0 Å². The SMILES string of the molecule is CC1CCCC(CNc2ccc(S(C)(=O)=O)cc2[N+](=O)[O-])(N(C)C)C1. The number of hydrogen-bond acceptors (Lipinski definition) is 6. The first-order chi connectivity index (χ1) is 11.5. The molecule has 0 heterocycles. The summed E-state index contributed by atoms with van der Waals surface area (Å²) in [7, 11) is 0.601. The zero-order valence-corrected chi connectivity index (χ0v) is 16.1. The van der Waals surface area contributed by atoms with Crippen LogP contribution >= 0.6 is 0 Å². The Morgan fingerprint density at radius 2 is 2.08 bits per heavy atom. The first kappa shape index (κ1) is 19.7. The van der Waals surface area contributed by atoms with E-state index in [1.165, 1.54) is 18.6 Å². The summed E-state index contributed by atoms with van der Waals surface area (Å²) in [5.41, 5.74) is 0.0960. The lowest BCUT2D eigenvalue weighted by Crippen LogP contribution is -2.52. The van der Waals surface area contributed by atoms with Gasteiger partial charge in [-0.05, 0) is 45.0 Å². The summed E-state index contributed by atoms with van der Waals surface area (Å²) in [5, 5.41) is 14.6. The van der Waals surface area contributed by atoms with Gasteiger partial charge in [-0.25, -0.2) is 8.42 Å². The molecule has 1 aliphatic carbocycles. The van der Waals surface area contributed by atoms with E-state index in [-0.39, 0.29) is 16.1 Å². The number of rotatable bonds is 6. The third-order valence-corrected chi connectivity index (χ3v) is 6.33. The highest BCUT2D eigenvalue weighted by atomic mass is 32.2. The molecule has 0 aromatic heterocycles. The molecule has 0 bridgehead atoms. The molecular weight excluding hydrogens is 342 g/mol. The van der Waals surface area contributed by atoms with E-state index >= 15 is 0 Å². The number of hydrogen-bond donors (Lipinski definition) is 1. The van der Waals surface area contributed by atoms with Crippen molar-refractivity contribution in [1.29, 1.82) is 0 Å². The maximum absolute atomic E-state index is 11.7. The van der Waals surface area contributed by atoms with Crippen LogP contribution < -0.4 is 5.32 Å². The van der Waals surface area contributed by atoms with Crippen molar-refractivity contribution in [1.82, 2.24) is 4.90 Å². The van der Waals surface area contributed by atoms with Crippen LogP contribution in [0.1, 0.15) is 32.6 Å². The lowest BCUT2D eigenvalue weighted by molar-refractivity contribution is -0.384. The second kappa shape index (κ2) is 7.29. The molecule has 1 aromatic carbocycles. The molecule has 0 amide bonds. The van der Waals surface area contributed by atoms with Crippen molar-refractivity contribution in [2.45, 2.75) is 43.0 Å². The summed E-state index contributed by atoms with van der Waals surface area (Å²) >= 11 is 0. The van der Waals surface area contributed by atoms with Gasteiger partial charge in [-0.1, -0.05) is 19.8 Å². The first-order valence-electron chi connectivity index (χ1n) is 8.45. The van der Waals surface area contributed by atoms with E-state index in [4.69, 9.17) is 0 Å². The quantitative estimate of drug-likeness (QED) is 0.612. The number of likely N-dealkylation sites (N-methyl/N-ethyl adjacent to an activating group) is 1. The van der Waals surface area contributed by atoms with E-state index in [1.807, 2.05) is 14.1 Å². The van der Waals surface area contributed by atoms with Gasteiger partial charge in [0.25, 0.3) is 5.69 Å². The van der Waals surface area contributed by atoms with Crippen LogP contribution in [0.2, 0.25) is 0 Å². The average molecular weight is 369 g/mol. The molecule has 2 atom stereocenters. The molecule has 0 radical (unpaired) electrons. The predicted octanol–water partition coefficient (Wildman–Crippen LogP) is 2.92. The molecule has 2 rings (SSSR count). The highest BCUT2D eigenvalue weighted by Crippen LogP contribution is 2.37. The fraction of sp³-hybridized carbons (Fsp3) is 0.647. The van der Waals surface area contributed by atoms with Gasteiger partial charge in [0.05, 0.1) is 9.82 Å². The Morgan fingerprint density at radius 1 is 1.40 bits per heavy atom. The van der Waals surface area contributed by atoms with E-state index in [9.17, 15) is 18.5 Å². The van der Waals surface area contributed by atoms with Gasteiger partial charge in [-0.2, -0.15) is 0 Å². The Bertz CT molecular complexity index is 748. The monoisotopic (exact) mass is 369 g/mol. The second-order valence-corrected chi connectivity index (χ2v) is 9.40. The van der Waals surface area contributed by atoms with E-state index in [2.05, 4.69) is 17.1 Å². The zero-order valence-electron chi connectivity index (χ0n) is 15.3. The number of nitrogens with one attached hydrogen (secondary N) is 1. The van der Waals surface area contributed by atoms with Crippen molar-refractivity contribution in [3.63, 3.8) is 0 Å². The van der Waals surface area contributed by atoms with Crippen molar-refractivity contribution in [3.05, 3.63) is 28.3 Å². The molecular formula is C17H27N3O4S. The van der Waals surface area contributed by atoms with Crippen molar-refractivity contribution in [2.75, 3.05) is 32.2 Å². The number of nitrogens with zero attached hydrogens (tertiary/aromatic N) is 2. The highest BCUT2D eigenvalue weighted by molar-refractivity contribution is 7.90. The molecule has 1 fully saturated rings. The number of nitro groups is 1. The van der Waals surface area contributed by atoms with Crippen LogP contribution in [0.3, 0.4) is 0 Å². The minimum atomic E-state index is -3.48. The van der Waals surface area contributed by atoms with E-state index in [0.717, 1.165) is 31.6 Å². The Labute approximate surface area is 149 Å². The molecule has 1 N–H and O–H groups in total. The van der Waals surface area contributed by atoms with Gasteiger partial charge in [-0.15, -0.1) is 0 Å². The lowest BCUT2D eigenvalue weighted by atomic mass is 9.75. The Hall–Kier alpha value is -1.67. The lowest BCUT2D eigenvalue weighted by Gasteiger charge is -2.45. The fourth-order valence-corrected chi connectivity index (χ4v) is 4.30. The summed E-state index contributed by atoms with van der Waals surface area (Å²) in [4.78, 5) is 13.0. The summed E-state index contributed by atoms with van der Waals surface area (Å²) in [5.74, 6) is 0.612. The van der Waals surface area contributed by atoms with Crippen molar-refractivity contribution in [3.8, 4) is 0 Å². The summed E-state index contributed by atoms with van der Waals surface area (Å²) in [6.07, 6.45) is 5.45. The van der Waals surface area contributed by atoms with Crippen LogP contribution in [0.5, 0.6) is 0 Å². The van der Waals surface area contributed by atoms with Gasteiger partial charge < -0.3 is 10.2 Å². The van der Waals surface area contributed by atoms with Crippen LogP contribution in [-0.4, -0.2) is 50.7 Å². The van der Waals surface area contributed by atoms with E-state index in [1.54, 1.807) is 0 Å². The maximum atomic E-state index is 11.7. The standard InChI is InChI=1S/C17H27N3O4S/c1-13-6-5-9-17(11-13,19(2)3)12-18-15-8-7-14(25(4,23)24)10-16(15)20(21)22/h7-8,10,13,18H,5-6,9,11-12H2,1-4H3. The number of benzene rings is 1. The van der Waals surface area contributed by atoms with E-state index in [0.29, 0.717) is 18.2 Å². The molecule has 0 aliphatic heterocycles. The first-order valence-corrected chi connectivity index (χ1v) is 10.3. The smallest absolute Gasteiger partial charge is 0.293 e. The number of nitro benzene ring substituents is 1. The Balaban J connectivity index is 2.28. The van der Waals surface area contributed by atoms with Crippen LogP contribution in [0.15, 0.2) is 23.1 Å². The van der Waals surface area contributed by atoms with Gasteiger partial charge in [0.2, 0.25) is 0 Å². The van der Waals surface area contributed by atoms with Crippen molar-refractivity contribution in [2.24, 2.45) is 5.92 Å². The molecule has 7 nitrogen and oxygen atoms in total. The highest BCUT2D eigenvalue weighted by Gasteiger charge is 2.37. The average Bonchev–Trinajstić information content (AvgIpc) is 2.51. The molecule has 8 heteroatoms. The minimum Gasteiger partial charge on any atom is -0.378 e. The molecule has 1 aromatic rings. The third-order valence-electron chi connectivity index (χ3n) is 5.22. The predicted molar refractivity (Wildman–Crippen MR) is 98.7 cm³/mol. The van der Waals surface area contributed by atoms with E-state index < -0.39 is 14.8 Å². The van der Waals surface area contributed by atoms with Crippen LogP contribution in [-0.2, 0) is 9.84 Å². The molecule has 2 unspecified atom stereocenters. The zero-order chi connectivity index (χ0) is 18.8. The van der Waals surface area contributed by atoms with Gasteiger partial charge in [-0.3, -0.25) is 10.1 Å². The van der Waals surface area contributed by atoms with Gasteiger partial charge in [0, 0.05) is 24.4 Å². The molecule has 0 spiro atoms. The summed E-state index contributed by atoms with van der Waals surface area (Å²) < 4.78 is 23.3. The minimum absolute atomic E-state index is 0.0432.